The van der Waals surface area contributed by atoms with Gasteiger partial charge in [0.25, 0.3) is 0 Å². The van der Waals surface area contributed by atoms with Gasteiger partial charge in [0.2, 0.25) is 12.2 Å². The van der Waals surface area contributed by atoms with Crippen molar-refractivity contribution >= 4 is 5.91 Å². The van der Waals surface area contributed by atoms with E-state index in [1.807, 2.05) is 6.08 Å². The topological polar surface area (TPSA) is 261 Å². The molecule has 0 aromatic rings. The molecule has 260 valence electrons. The third-order valence-electron chi connectivity index (χ3n) is 9.24. The average molecular weight is 646 g/mol. The maximum Gasteiger partial charge on any atom is 0.249 e. The standard InChI is InChI=1S/C29H55N7O9/c1-29(41)14-42-28(22(39)25(29)33-2)45-24-19(36-26(40)20(37)5-8-30)11-18(32)23(21(24)38)44-27-17(31)4-3-16(43-27)13-35-12-15-6-9-34-10-7-15/h3,15,17-25,27-28,33-35,37-39,41H,4-14,30-32H2,1-2H3,(H,36,40)/t17-,18+,19-,20+,21-,22-,23-,24+,25-,27-,28-,29+/m1/s1. The number of hydrogen-bond donors (Lipinski definition) is 11. The van der Waals surface area contributed by atoms with Crippen LogP contribution in [-0.2, 0) is 23.7 Å². The molecule has 16 nitrogen and oxygen atoms in total. The van der Waals surface area contributed by atoms with Gasteiger partial charge in [0.05, 0.1) is 31.3 Å². The molecule has 2 saturated heterocycles. The Balaban J connectivity index is 1.44. The van der Waals surface area contributed by atoms with Crippen LogP contribution in [0.1, 0.15) is 39.0 Å². The number of nitrogens with two attached hydrogens (primary N) is 3. The molecule has 45 heavy (non-hydrogen) atoms. The van der Waals surface area contributed by atoms with Crippen molar-refractivity contribution in [1.82, 2.24) is 21.3 Å². The molecule has 0 unspecified atom stereocenters. The van der Waals surface area contributed by atoms with Crippen LogP contribution in [0, 0.1) is 5.92 Å². The normalized spacial score (nSPS) is 40.3. The molecule has 14 N–H and O–H groups in total. The van der Waals surface area contributed by atoms with Gasteiger partial charge in [0.15, 0.2) is 6.29 Å². The molecule has 3 aliphatic heterocycles. The van der Waals surface area contributed by atoms with Crippen molar-refractivity contribution in [2.75, 3.05) is 46.4 Å². The van der Waals surface area contributed by atoms with Gasteiger partial charge < -0.3 is 77.8 Å². The summed E-state index contributed by atoms with van der Waals surface area (Å²) in [4.78, 5) is 12.8. The first-order valence-electron chi connectivity index (χ1n) is 16.1. The molecular weight excluding hydrogens is 590 g/mol. The van der Waals surface area contributed by atoms with Crippen molar-refractivity contribution < 1.29 is 44.2 Å². The molecule has 3 heterocycles. The van der Waals surface area contributed by atoms with Crippen molar-refractivity contribution in [3.05, 3.63) is 11.8 Å². The SMILES string of the molecule is CN[C@@H]1[C@@H](O)[C@@H](O[C@@H]2[C@H](O)[C@H](O[C@H]3OC(CNCC4CCNCC4)=CC[C@H]3N)[C@@H](N)C[C@H]2NC(=O)[C@@H](O)CCN)OC[C@]1(C)O. The lowest BCUT2D eigenvalue weighted by molar-refractivity contribution is -0.304. The van der Waals surface area contributed by atoms with Crippen molar-refractivity contribution in [1.29, 1.82) is 0 Å². The van der Waals surface area contributed by atoms with Gasteiger partial charge in [0, 0.05) is 6.04 Å². The van der Waals surface area contributed by atoms with Gasteiger partial charge in [-0.15, -0.1) is 0 Å². The van der Waals surface area contributed by atoms with Crippen LogP contribution in [0.2, 0.25) is 0 Å². The quantitative estimate of drug-likeness (QED) is 0.0904. The average Bonchev–Trinajstić information content (AvgIpc) is 3.00. The minimum absolute atomic E-state index is 0.0350. The molecule has 0 bridgehead atoms. The molecule has 16 heteroatoms. The number of hydrogen-bond acceptors (Lipinski definition) is 15. The van der Waals surface area contributed by atoms with Crippen LogP contribution in [0.25, 0.3) is 0 Å². The molecule has 3 fully saturated rings. The lowest BCUT2D eigenvalue weighted by Gasteiger charge is -2.49. The minimum atomic E-state index is -1.43. The number of piperidine rings is 1. The number of carbonyl (C=O) groups excluding carboxylic acids is 1. The van der Waals surface area contributed by atoms with Crippen molar-refractivity contribution in [2.45, 2.75) is 112 Å². The fourth-order valence-corrected chi connectivity index (χ4v) is 6.57. The van der Waals surface area contributed by atoms with Crippen LogP contribution < -0.4 is 38.5 Å². The van der Waals surface area contributed by atoms with Crippen LogP contribution >= 0.6 is 0 Å². The van der Waals surface area contributed by atoms with E-state index in [2.05, 4.69) is 21.3 Å². The van der Waals surface area contributed by atoms with Crippen LogP contribution in [0.5, 0.6) is 0 Å². The minimum Gasteiger partial charge on any atom is -0.467 e. The summed E-state index contributed by atoms with van der Waals surface area (Å²) >= 11 is 0. The first kappa shape index (κ1) is 36.3. The zero-order valence-electron chi connectivity index (χ0n) is 26.3. The van der Waals surface area contributed by atoms with E-state index in [4.69, 9.17) is 36.1 Å². The molecule has 1 saturated carbocycles. The van der Waals surface area contributed by atoms with Crippen LogP contribution in [0.4, 0.5) is 0 Å². The van der Waals surface area contributed by atoms with Crippen LogP contribution in [-0.4, -0.2) is 146 Å². The highest BCUT2D eigenvalue weighted by atomic mass is 16.7. The van der Waals surface area contributed by atoms with E-state index in [0.29, 0.717) is 24.6 Å². The summed E-state index contributed by atoms with van der Waals surface area (Å²) in [6, 6.07) is -3.02. The second-order valence-electron chi connectivity index (χ2n) is 13.0. The van der Waals surface area contributed by atoms with Crippen molar-refractivity contribution in [3.8, 4) is 0 Å². The Morgan fingerprint density at radius 1 is 1.16 bits per heavy atom. The number of likely N-dealkylation sites (N-methyl/N-ethyl adjacent to an activating group) is 1. The Morgan fingerprint density at radius 3 is 2.56 bits per heavy atom. The number of nitrogens with one attached hydrogen (secondary N) is 4. The van der Waals surface area contributed by atoms with E-state index in [9.17, 15) is 25.2 Å². The second kappa shape index (κ2) is 16.5. The summed E-state index contributed by atoms with van der Waals surface area (Å²) < 4.78 is 24.2. The molecule has 4 aliphatic rings. The second-order valence-corrected chi connectivity index (χ2v) is 13.0. The highest BCUT2D eigenvalue weighted by molar-refractivity contribution is 5.80. The molecule has 1 amide bonds. The first-order valence-corrected chi connectivity index (χ1v) is 16.1. The Labute approximate surface area is 264 Å². The Hall–Kier alpha value is -1.51. The number of rotatable bonds is 13. The summed E-state index contributed by atoms with van der Waals surface area (Å²) in [7, 11) is 1.59. The summed E-state index contributed by atoms with van der Waals surface area (Å²) in [5, 5.41) is 55.9. The largest absolute Gasteiger partial charge is 0.467 e. The predicted molar refractivity (Wildman–Crippen MR) is 163 cm³/mol. The van der Waals surface area contributed by atoms with Crippen molar-refractivity contribution in [2.24, 2.45) is 23.1 Å². The third-order valence-corrected chi connectivity index (χ3v) is 9.24. The molecular formula is C29H55N7O9. The van der Waals surface area contributed by atoms with E-state index in [1.54, 1.807) is 7.05 Å². The number of aliphatic hydroxyl groups excluding tert-OH is 3. The zero-order valence-corrected chi connectivity index (χ0v) is 26.3. The van der Waals surface area contributed by atoms with E-state index in [-0.39, 0.29) is 26.0 Å². The van der Waals surface area contributed by atoms with Gasteiger partial charge in [-0.25, -0.2) is 0 Å². The van der Waals surface area contributed by atoms with Gasteiger partial charge in [-0.1, -0.05) is 0 Å². The highest BCUT2D eigenvalue weighted by Crippen LogP contribution is 2.32. The highest BCUT2D eigenvalue weighted by Gasteiger charge is 2.52. The Kier molecular flexibility index (Phi) is 13.4. The molecule has 0 aromatic carbocycles. The van der Waals surface area contributed by atoms with Gasteiger partial charge in [-0.3, -0.25) is 4.79 Å². The lowest BCUT2D eigenvalue weighted by Crippen LogP contribution is -2.69. The third kappa shape index (κ3) is 9.31. The fraction of sp³-hybridized carbons (Fsp3) is 0.897. The smallest absolute Gasteiger partial charge is 0.249 e. The van der Waals surface area contributed by atoms with E-state index >= 15 is 0 Å². The van der Waals surface area contributed by atoms with Crippen LogP contribution in [0.3, 0.4) is 0 Å². The van der Waals surface area contributed by atoms with E-state index in [0.717, 1.165) is 32.5 Å². The molecule has 0 aromatic heterocycles. The first-order chi connectivity index (χ1) is 21.4. The monoisotopic (exact) mass is 645 g/mol. The molecule has 1 aliphatic carbocycles. The number of amides is 1. The predicted octanol–water partition coefficient (Wildman–Crippen LogP) is -4.35. The lowest BCUT2D eigenvalue weighted by atomic mass is 9.83. The van der Waals surface area contributed by atoms with Gasteiger partial charge in [0.1, 0.15) is 41.9 Å². The summed E-state index contributed by atoms with van der Waals surface area (Å²) in [5.41, 5.74) is 17.0. The Morgan fingerprint density at radius 2 is 1.87 bits per heavy atom. The summed E-state index contributed by atoms with van der Waals surface area (Å²) in [6.07, 6.45) is -3.75. The van der Waals surface area contributed by atoms with E-state index < -0.39 is 78.8 Å². The fourth-order valence-electron chi connectivity index (χ4n) is 6.57. The van der Waals surface area contributed by atoms with E-state index in [1.165, 1.54) is 6.92 Å². The van der Waals surface area contributed by atoms with Crippen LogP contribution in [0.15, 0.2) is 11.8 Å². The Bertz CT molecular complexity index is 972. The maximum absolute atomic E-state index is 12.8. The molecule has 4 rings (SSSR count). The number of carbonyl (C=O) groups is 1. The molecule has 0 radical (unpaired) electrons. The summed E-state index contributed by atoms with van der Waals surface area (Å²) in [5.74, 6) is 0.580. The maximum atomic E-state index is 12.8. The van der Waals surface area contributed by atoms with Gasteiger partial charge >= 0.3 is 0 Å². The number of ether oxygens (including phenoxy) is 4. The molecule has 0 spiro atoms. The van der Waals surface area contributed by atoms with Gasteiger partial charge in [-0.2, -0.15) is 0 Å². The zero-order chi connectivity index (χ0) is 32.7. The molecule has 12 atom stereocenters. The number of aliphatic hydroxyl groups is 4. The summed E-state index contributed by atoms with van der Waals surface area (Å²) in [6.45, 7) is 4.87. The van der Waals surface area contributed by atoms with Crippen molar-refractivity contribution in [3.63, 3.8) is 0 Å². The van der Waals surface area contributed by atoms with Gasteiger partial charge in [-0.05, 0) is 84.2 Å².